The summed E-state index contributed by atoms with van der Waals surface area (Å²) in [5, 5.41) is 0.743. The Hall–Kier alpha value is -0.930. The van der Waals surface area contributed by atoms with Crippen LogP contribution in [0, 0.1) is 0 Å². The lowest BCUT2D eigenvalue weighted by molar-refractivity contribution is 0.295. The molecule has 1 heterocycles. The topological polar surface area (TPSA) is 44.5 Å². The first-order chi connectivity index (χ1) is 8.50. The van der Waals surface area contributed by atoms with Crippen LogP contribution in [-0.4, -0.2) is 13.2 Å². The van der Waals surface area contributed by atoms with E-state index in [4.69, 9.17) is 26.8 Å². The zero-order valence-electron chi connectivity index (χ0n) is 10.8. The summed E-state index contributed by atoms with van der Waals surface area (Å²) in [6.07, 6.45) is 1.78. The third-order valence-corrected chi connectivity index (χ3v) is 4.10. The Balaban J connectivity index is 2.25. The molecule has 3 rings (SSSR count). The number of hydrogen-bond donors (Lipinski definition) is 1. The van der Waals surface area contributed by atoms with Crippen LogP contribution in [0.4, 0.5) is 0 Å². The van der Waals surface area contributed by atoms with Crippen molar-refractivity contribution in [1.29, 1.82) is 0 Å². The van der Waals surface area contributed by atoms with Gasteiger partial charge in [-0.05, 0) is 17.4 Å². The van der Waals surface area contributed by atoms with Gasteiger partial charge in [0.25, 0.3) is 0 Å². The first-order valence-corrected chi connectivity index (χ1v) is 6.76. The molecule has 1 atom stereocenters. The van der Waals surface area contributed by atoms with Crippen LogP contribution >= 0.6 is 11.6 Å². The number of rotatable bonds is 0. The van der Waals surface area contributed by atoms with Crippen molar-refractivity contribution in [2.24, 2.45) is 5.73 Å². The van der Waals surface area contributed by atoms with Crippen LogP contribution in [0.5, 0.6) is 11.5 Å². The average molecular weight is 268 g/mol. The second-order valence-corrected chi connectivity index (χ2v) is 6.13. The Kier molecular flexibility index (Phi) is 2.72. The second-order valence-electron chi connectivity index (χ2n) is 5.72. The summed E-state index contributed by atoms with van der Waals surface area (Å²) < 4.78 is 11.6. The van der Waals surface area contributed by atoms with E-state index < -0.39 is 0 Å². The number of halogens is 1. The van der Waals surface area contributed by atoms with Gasteiger partial charge in [0.15, 0.2) is 11.5 Å². The van der Waals surface area contributed by atoms with Crippen LogP contribution in [-0.2, 0) is 5.41 Å². The standard InChI is InChI=1S/C14H18ClNO2/c1-14(2)7-9(16)11-12(14)8(15)6-10-13(11)18-5-3-4-17-10/h6,9H,3-5,7,16H2,1-2H3. The lowest BCUT2D eigenvalue weighted by Crippen LogP contribution is -2.14. The van der Waals surface area contributed by atoms with Gasteiger partial charge in [0.05, 0.1) is 13.2 Å². The highest BCUT2D eigenvalue weighted by Crippen LogP contribution is 2.53. The monoisotopic (exact) mass is 267 g/mol. The molecule has 1 unspecified atom stereocenters. The van der Waals surface area contributed by atoms with Gasteiger partial charge in [0.1, 0.15) is 0 Å². The molecule has 98 valence electrons. The van der Waals surface area contributed by atoms with Gasteiger partial charge >= 0.3 is 0 Å². The molecule has 1 aromatic rings. The fraction of sp³-hybridized carbons (Fsp3) is 0.571. The van der Waals surface area contributed by atoms with Crippen molar-refractivity contribution >= 4 is 11.6 Å². The minimum Gasteiger partial charge on any atom is -0.489 e. The first-order valence-electron chi connectivity index (χ1n) is 6.39. The van der Waals surface area contributed by atoms with Crippen molar-refractivity contribution in [3.05, 3.63) is 22.2 Å². The first kappa shape index (κ1) is 12.1. The maximum Gasteiger partial charge on any atom is 0.166 e. The molecule has 1 aliphatic carbocycles. The zero-order valence-corrected chi connectivity index (χ0v) is 11.5. The Labute approximate surface area is 112 Å². The van der Waals surface area contributed by atoms with E-state index in [-0.39, 0.29) is 11.5 Å². The van der Waals surface area contributed by atoms with Crippen LogP contribution in [0.3, 0.4) is 0 Å². The molecule has 0 amide bonds. The zero-order chi connectivity index (χ0) is 12.9. The predicted octanol–water partition coefficient (Wildman–Crippen LogP) is 3.18. The van der Waals surface area contributed by atoms with Gasteiger partial charge in [-0.15, -0.1) is 0 Å². The Bertz CT molecular complexity index is 499. The van der Waals surface area contributed by atoms with E-state index in [1.54, 1.807) is 0 Å². The van der Waals surface area contributed by atoms with Crippen molar-refractivity contribution in [1.82, 2.24) is 0 Å². The lowest BCUT2D eigenvalue weighted by Gasteiger charge is -2.21. The normalized spacial score (nSPS) is 24.6. The molecule has 2 aliphatic rings. The molecule has 0 fully saturated rings. The molecule has 0 aromatic heterocycles. The van der Waals surface area contributed by atoms with Gasteiger partial charge in [-0.2, -0.15) is 0 Å². The molecule has 4 heteroatoms. The molecule has 0 radical (unpaired) electrons. The van der Waals surface area contributed by atoms with Crippen LogP contribution in [0.1, 0.15) is 43.9 Å². The van der Waals surface area contributed by atoms with Crippen molar-refractivity contribution in [2.45, 2.75) is 38.1 Å². The van der Waals surface area contributed by atoms with Crippen molar-refractivity contribution < 1.29 is 9.47 Å². The van der Waals surface area contributed by atoms with E-state index in [0.29, 0.717) is 13.2 Å². The molecule has 0 saturated carbocycles. The average Bonchev–Trinajstić information content (AvgIpc) is 2.46. The van der Waals surface area contributed by atoms with Crippen LogP contribution in [0.25, 0.3) is 0 Å². The van der Waals surface area contributed by atoms with E-state index in [1.165, 1.54) is 0 Å². The lowest BCUT2D eigenvalue weighted by atomic mass is 9.86. The van der Waals surface area contributed by atoms with E-state index in [9.17, 15) is 0 Å². The van der Waals surface area contributed by atoms with Crippen LogP contribution in [0.15, 0.2) is 6.07 Å². The van der Waals surface area contributed by atoms with Crippen molar-refractivity contribution in [2.75, 3.05) is 13.2 Å². The van der Waals surface area contributed by atoms with Gasteiger partial charge in [-0.3, -0.25) is 0 Å². The fourth-order valence-corrected chi connectivity index (χ4v) is 3.55. The third kappa shape index (κ3) is 1.69. The highest BCUT2D eigenvalue weighted by molar-refractivity contribution is 6.32. The highest BCUT2D eigenvalue weighted by atomic mass is 35.5. The number of benzene rings is 1. The van der Waals surface area contributed by atoms with Gasteiger partial charge < -0.3 is 15.2 Å². The third-order valence-electron chi connectivity index (χ3n) is 3.80. The summed E-state index contributed by atoms with van der Waals surface area (Å²) >= 11 is 6.42. The summed E-state index contributed by atoms with van der Waals surface area (Å²) in [7, 11) is 0. The minimum atomic E-state index is -0.0239. The summed E-state index contributed by atoms with van der Waals surface area (Å²) in [6, 6.07) is 1.85. The highest BCUT2D eigenvalue weighted by Gasteiger charge is 2.40. The maximum atomic E-state index is 6.42. The Morgan fingerprint density at radius 3 is 2.83 bits per heavy atom. The fourth-order valence-electron chi connectivity index (χ4n) is 3.09. The molecule has 18 heavy (non-hydrogen) atoms. The van der Waals surface area contributed by atoms with E-state index in [0.717, 1.165) is 40.5 Å². The Morgan fingerprint density at radius 1 is 1.33 bits per heavy atom. The summed E-state index contributed by atoms with van der Waals surface area (Å²) in [6.45, 7) is 5.69. The second kappa shape index (κ2) is 4.04. The smallest absolute Gasteiger partial charge is 0.166 e. The number of ether oxygens (including phenoxy) is 2. The molecule has 3 nitrogen and oxygen atoms in total. The van der Waals surface area contributed by atoms with E-state index in [2.05, 4.69) is 13.8 Å². The summed E-state index contributed by atoms with van der Waals surface area (Å²) in [5.41, 5.74) is 8.44. The van der Waals surface area contributed by atoms with E-state index >= 15 is 0 Å². The van der Waals surface area contributed by atoms with Gasteiger partial charge in [-0.25, -0.2) is 0 Å². The van der Waals surface area contributed by atoms with Gasteiger partial charge in [0, 0.05) is 29.1 Å². The summed E-state index contributed by atoms with van der Waals surface area (Å²) in [5.74, 6) is 1.55. The molecule has 0 saturated heterocycles. The maximum absolute atomic E-state index is 6.42. The van der Waals surface area contributed by atoms with Gasteiger partial charge in [-0.1, -0.05) is 25.4 Å². The number of hydrogen-bond acceptors (Lipinski definition) is 3. The van der Waals surface area contributed by atoms with Gasteiger partial charge in [0.2, 0.25) is 0 Å². The van der Waals surface area contributed by atoms with Crippen LogP contribution < -0.4 is 15.2 Å². The molecule has 2 N–H and O–H groups in total. The molecular weight excluding hydrogens is 250 g/mol. The SMILES string of the molecule is CC1(C)CC(N)c2c3c(cc(Cl)c21)OCCCO3. The molecule has 0 spiro atoms. The largest absolute Gasteiger partial charge is 0.489 e. The number of fused-ring (bicyclic) bond motifs is 3. The van der Waals surface area contributed by atoms with Crippen molar-refractivity contribution in [3.8, 4) is 11.5 Å². The molecule has 1 aromatic carbocycles. The molecular formula is C14H18ClNO2. The van der Waals surface area contributed by atoms with E-state index in [1.807, 2.05) is 6.07 Å². The molecule has 1 aliphatic heterocycles. The number of nitrogens with two attached hydrogens (primary N) is 1. The minimum absolute atomic E-state index is 0.00344. The summed E-state index contributed by atoms with van der Waals surface area (Å²) in [4.78, 5) is 0. The quantitative estimate of drug-likeness (QED) is 0.785. The Morgan fingerprint density at radius 2 is 2.06 bits per heavy atom. The van der Waals surface area contributed by atoms with Crippen LogP contribution in [0.2, 0.25) is 5.02 Å². The predicted molar refractivity (Wildman–Crippen MR) is 71.6 cm³/mol. The van der Waals surface area contributed by atoms with Crippen molar-refractivity contribution in [3.63, 3.8) is 0 Å². The molecule has 0 bridgehead atoms.